The fourth-order valence-corrected chi connectivity index (χ4v) is 3.92. The quantitative estimate of drug-likeness (QED) is 0.294. The Hall–Kier alpha value is -1.41. The Labute approximate surface area is 159 Å². The Kier molecular flexibility index (Phi) is 4.96. The zero-order valence-corrected chi connectivity index (χ0v) is 16.0. The Morgan fingerprint density at radius 1 is 0.792 bits per heavy atom. The molecule has 0 aromatic heterocycles. The van der Waals surface area contributed by atoms with E-state index >= 15 is 0 Å². The third kappa shape index (κ3) is 3.35. The predicted molar refractivity (Wildman–Crippen MR) is 105 cm³/mol. The van der Waals surface area contributed by atoms with Crippen LogP contribution in [0.3, 0.4) is 0 Å². The van der Waals surface area contributed by atoms with E-state index in [0.29, 0.717) is 0 Å². The number of halogens is 2. The van der Waals surface area contributed by atoms with E-state index in [1.807, 2.05) is 6.07 Å². The number of hydrogen-bond donors (Lipinski definition) is 1. The predicted octanol–water partition coefficient (Wildman–Crippen LogP) is 5.53. The molecule has 122 valence electrons. The van der Waals surface area contributed by atoms with E-state index in [4.69, 9.17) is 16.2 Å². The molecule has 0 heterocycles. The first kappa shape index (κ1) is 17.4. The van der Waals surface area contributed by atoms with Crippen molar-refractivity contribution in [1.29, 1.82) is 0 Å². The molecule has 4 rings (SSSR count). The van der Waals surface area contributed by atoms with E-state index in [9.17, 15) is 8.42 Å². The van der Waals surface area contributed by atoms with Crippen LogP contribution in [0, 0.1) is 3.57 Å². The van der Waals surface area contributed by atoms with Gasteiger partial charge in [-0.05, 0) is 57.5 Å². The van der Waals surface area contributed by atoms with Crippen molar-refractivity contribution >= 4 is 44.3 Å². The van der Waals surface area contributed by atoms with Crippen LogP contribution in [0.15, 0.2) is 71.6 Å². The normalized spacial score (nSPS) is 11.5. The van der Waals surface area contributed by atoms with Gasteiger partial charge in [-0.25, -0.2) is 0 Å². The van der Waals surface area contributed by atoms with Crippen molar-refractivity contribution < 1.29 is 13.0 Å². The molecule has 1 N–H and O–H groups in total. The van der Waals surface area contributed by atoms with Gasteiger partial charge in [-0.2, -0.15) is 8.42 Å². The van der Waals surface area contributed by atoms with Crippen LogP contribution in [-0.2, 0) is 10.1 Å². The van der Waals surface area contributed by atoms with Gasteiger partial charge in [0, 0.05) is 9.13 Å². The molecule has 24 heavy (non-hydrogen) atoms. The van der Waals surface area contributed by atoms with E-state index < -0.39 is 10.1 Å². The van der Waals surface area contributed by atoms with Crippen LogP contribution in [0.2, 0.25) is 5.02 Å². The summed E-state index contributed by atoms with van der Waals surface area (Å²) in [5.41, 5.74) is 5.31. The second-order valence-electron chi connectivity index (χ2n) is 5.12. The number of rotatable bonds is 1. The molecule has 3 aromatic rings. The smallest absolute Gasteiger partial charge is 0.282 e. The highest BCUT2D eigenvalue weighted by Gasteiger charge is 2.24. The van der Waals surface area contributed by atoms with E-state index in [-0.39, 0.29) is 4.90 Å². The largest absolute Gasteiger partial charge is 0.294 e. The fourth-order valence-electron chi connectivity index (χ4n) is 2.50. The van der Waals surface area contributed by atoms with Gasteiger partial charge in [0.1, 0.15) is 0 Å². The second kappa shape index (κ2) is 6.84. The maximum Gasteiger partial charge on any atom is 0.294 e. The van der Waals surface area contributed by atoms with Gasteiger partial charge in [0.05, 0.1) is 9.92 Å². The third-order valence-electron chi connectivity index (χ3n) is 3.62. The molecule has 1 aliphatic carbocycles. The lowest BCUT2D eigenvalue weighted by Gasteiger charge is -2.25. The van der Waals surface area contributed by atoms with Crippen molar-refractivity contribution in [2.45, 2.75) is 4.90 Å². The van der Waals surface area contributed by atoms with Gasteiger partial charge in [-0.1, -0.05) is 60.1 Å². The number of hydrogen-bond acceptors (Lipinski definition) is 2. The van der Waals surface area contributed by atoms with Crippen LogP contribution >= 0.6 is 34.2 Å². The second-order valence-corrected chi connectivity index (χ2v) is 8.03. The fraction of sp³-hybridized carbons (Fsp3) is 0. The minimum atomic E-state index is -4.00. The van der Waals surface area contributed by atoms with E-state index in [0.717, 1.165) is 5.02 Å². The van der Waals surface area contributed by atoms with Crippen molar-refractivity contribution in [1.82, 2.24) is 0 Å². The zero-order chi connectivity index (χ0) is 17.3. The molecule has 6 heteroatoms. The average molecular weight is 471 g/mol. The molecular weight excluding hydrogens is 459 g/mol. The Morgan fingerprint density at radius 3 is 1.96 bits per heavy atom. The minimum Gasteiger partial charge on any atom is -0.282 e. The van der Waals surface area contributed by atoms with Crippen LogP contribution in [0.25, 0.3) is 22.3 Å². The van der Waals surface area contributed by atoms with Crippen LogP contribution in [0.5, 0.6) is 0 Å². The summed E-state index contributed by atoms with van der Waals surface area (Å²) >= 11 is 8.39. The molecule has 0 spiro atoms. The SMILES string of the molecule is Clc1ccc2c(c1I)-c1ccccc1-2.O=S(=O)(O)c1ccccc1. The van der Waals surface area contributed by atoms with Gasteiger partial charge in [0.25, 0.3) is 10.1 Å². The zero-order valence-electron chi connectivity index (χ0n) is 12.3. The summed E-state index contributed by atoms with van der Waals surface area (Å²) < 4.78 is 30.4. The Bertz CT molecular complexity index is 1000. The first-order valence-corrected chi connectivity index (χ1v) is 9.89. The van der Waals surface area contributed by atoms with E-state index in [2.05, 4.69) is 52.9 Å². The summed E-state index contributed by atoms with van der Waals surface area (Å²) in [7, 11) is -4.00. The summed E-state index contributed by atoms with van der Waals surface area (Å²) in [6, 6.07) is 19.9. The summed E-state index contributed by atoms with van der Waals surface area (Å²) in [4.78, 5) is -0.0741. The summed E-state index contributed by atoms with van der Waals surface area (Å²) in [6.45, 7) is 0. The lowest BCUT2D eigenvalue weighted by Crippen LogP contribution is -2.00. The highest BCUT2D eigenvalue weighted by atomic mass is 127. The van der Waals surface area contributed by atoms with Gasteiger partial charge >= 0.3 is 0 Å². The van der Waals surface area contributed by atoms with Gasteiger partial charge in [-0.3, -0.25) is 4.55 Å². The average Bonchev–Trinajstić information content (AvgIpc) is 2.55. The van der Waals surface area contributed by atoms with Crippen molar-refractivity contribution in [3.8, 4) is 22.3 Å². The van der Waals surface area contributed by atoms with Gasteiger partial charge in [0.15, 0.2) is 0 Å². The summed E-state index contributed by atoms with van der Waals surface area (Å²) in [6.07, 6.45) is 0. The maximum atomic E-state index is 10.4. The standard InChI is InChI=1S/C12H6ClI.C6H6O3S/c13-10-6-5-9-7-3-1-2-4-8(7)11(9)12(10)14;7-10(8,9)6-4-2-1-3-5-6/h1-6H;1-5H,(H,7,8,9). The van der Waals surface area contributed by atoms with Crippen molar-refractivity contribution in [3.63, 3.8) is 0 Å². The molecule has 0 fully saturated rings. The van der Waals surface area contributed by atoms with Crippen molar-refractivity contribution in [2.75, 3.05) is 0 Å². The van der Waals surface area contributed by atoms with Crippen LogP contribution < -0.4 is 0 Å². The molecule has 3 nitrogen and oxygen atoms in total. The first-order chi connectivity index (χ1) is 11.4. The van der Waals surface area contributed by atoms with Crippen LogP contribution in [0.4, 0.5) is 0 Å². The summed E-state index contributed by atoms with van der Waals surface area (Å²) in [5, 5.41) is 0.846. The van der Waals surface area contributed by atoms with Crippen molar-refractivity contribution in [2.24, 2.45) is 0 Å². The van der Waals surface area contributed by atoms with Gasteiger partial charge in [0.2, 0.25) is 0 Å². The Morgan fingerprint density at radius 2 is 1.38 bits per heavy atom. The minimum absolute atomic E-state index is 0.0741. The first-order valence-electron chi connectivity index (χ1n) is 7.00. The molecular formula is C18H12ClIO3S. The molecule has 0 amide bonds. The van der Waals surface area contributed by atoms with Gasteiger partial charge < -0.3 is 0 Å². The molecule has 0 radical (unpaired) electrons. The molecule has 0 saturated carbocycles. The molecule has 1 aliphatic rings. The lowest BCUT2D eigenvalue weighted by atomic mass is 9.81. The maximum absolute atomic E-state index is 10.4. The molecule has 3 aromatic carbocycles. The molecule has 0 unspecified atom stereocenters. The lowest BCUT2D eigenvalue weighted by molar-refractivity contribution is 0.483. The Balaban J connectivity index is 0.000000150. The number of fused-ring (bicyclic) bond motifs is 4. The summed E-state index contributed by atoms with van der Waals surface area (Å²) in [5.74, 6) is 0. The van der Waals surface area contributed by atoms with Gasteiger partial charge in [-0.15, -0.1) is 0 Å². The molecule has 0 saturated heterocycles. The van der Waals surface area contributed by atoms with Crippen molar-refractivity contribution in [3.05, 3.63) is 75.3 Å². The third-order valence-corrected chi connectivity index (χ3v) is 6.24. The van der Waals surface area contributed by atoms with Crippen LogP contribution in [0.1, 0.15) is 0 Å². The molecule has 0 bridgehead atoms. The van der Waals surface area contributed by atoms with E-state index in [1.165, 1.54) is 38.0 Å². The van der Waals surface area contributed by atoms with Crippen LogP contribution in [-0.4, -0.2) is 13.0 Å². The highest BCUT2D eigenvalue weighted by molar-refractivity contribution is 14.1. The monoisotopic (exact) mass is 470 g/mol. The van der Waals surface area contributed by atoms with E-state index in [1.54, 1.807) is 18.2 Å². The molecule has 0 aliphatic heterocycles. The topological polar surface area (TPSA) is 54.4 Å². The highest BCUT2D eigenvalue weighted by Crippen LogP contribution is 2.50. The number of benzene rings is 3. The molecule has 0 atom stereocenters.